The van der Waals surface area contributed by atoms with Crippen molar-refractivity contribution >= 4 is 28.6 Å². The van der Waals surface area contributed by atoms with Crippen molar-refractivity contribution in [2.24, 2.45) is 0 Å². The molecule has 1 aromatic heterocycles. The molecule has 2 heterocycles. The van der Waals surface area contributed by atoms with Crippen LogP contribution in [0, 0.1) is 0 Å². The van der Waals surface area contributed by atoms with Crippen molar-refractivity contribution in [1.29, 1.82) is 0 Å². The minimum Gasteiger partial charge on any atom is -0.361 e. The summed E-state index contributed by atoms with van der Waals surface area (Å²) >= 11 is 0. The van der Waals surface area contributed by atoms with Crippen LogP contribution >= 0.6 is 0 Å². The zero-order chi connectivity index (χ0) is 13.9. The van der Waals surface area contributed by atoms with Crippen LogP contribution in [0.4, 0.5) is 5.69 Å². The molecule has 2 aromatic rings. The first-order chi connectivity index (χ1) is 9.81. The van der Waals surface area contributed by atoms with E-state index in [4.69, 9.17) is 0 Å². The highest BCUT2D eigenvalue weighted by atomic mass is 16.1. The molecule has 20 heavy (non-hydrogen) atoms. The average Bonchev–Trinajstić information content (AvgIpc) is 2.91. The monoisotopic (exact) mass is 269 g/mol. The first-order valence-electron chi connectivity index (χ1n) is 7.05. The van der Waals surface area contributed by atoms with Crippen molar-refractivity contribution in [2.75, 3.05) is 25.0 Å². The molecule has 0 aliphatic carbocycles. The highest BCUT2D eigenvalue weighted by Crippen LogP contribution is 2.30. The second-order valence-electron chi connectivity index (χ2n) is 5.10. The zero-order valence-corrected chi connectivity index (χ0v) is 11.6. The van der Waals surface area contributed by atoms with Crippen molar-refractivity contribution in [3.63, 3.8) is 0 Å². The van der Waals surface area contributed by atoms with E-state index < -0.39 is 0 Å². The Morgan fingerprint density at radius 3 is 3.05 bits per heavy atom. The van der Waals surface area contributed by atoms with Gasteiger partial charge in [-0.15, -0.1) is 0 Å². The molecule has 2 N–H and O–H groups in total. The van der Waals surface area contributed by atoms with Crippen molar-refractivity contribution in [3.8, 4) is 0 Å². The largest absolute Gasteiger partial charge is 0.361 e. The lowest BCUT2D eigenvalue weighted by Gasteiger charge is -2.24. The van der Waals surface area contributed by atoms with Gasteiger partial charge in [0.25, 0.3) is 0 Å². The fourth-order valence-corrected chi connectivity index (χ4v) is 2.79. The van der Waals surface area contributed by atoms with Crippen LogP contribution in [0.5, 0.6) is 0 Å². The number of benzene rings is 1. The number of anilines is 1. The van der Waals surface area contributed by atoms with Crippen LogP contribution in [-0.2, 0) is 4.79 Å². The molecule has 1 amide bonds. The number of hydrogen-bond acceptors (Lipinski definition) is 2. The molecule has 0 unspecified atom stereocenters. The van der Waals surface area contributed by atoms with Gasteiger partial charge >= 0.3 is 0 Å². The number of carbonyl (C=O) groups is 1. The molecular formula is C16H19N3O. The maximum Gasteiger partial charge on any atom is 0.211 e. The molecule has 4 heteroatoms. The summed E-state index contributed by atoms with van der Waals surface area (Å²) in [6, 6.07) is 5.94. The van der Waals surface area contributed by atoms with Crippen molar-refractivity contribution in [3.05, 3.63) is 36.0 Å². The summed E-state index contributed by atoms with van der Waals surface area (Å²) in [5.74, 6) is 0. The first-order valence-corrected chi connectivity index (χ1v) is 7.05. The molecule has 0 radical (unpaired) electrons. The van der Waals surface area contributed by atoms with Gasteiger partial charge in [0.15, 0.2) is 0 Å². The number of aromatic nitrogens is 1. The van der Waals surface area contributed by atoms with Crippen LogP contribution in [0.1, 0.15) is 18.9 Å². The smallest absolute Gasteiger partial charge is 0.211 e. The third-order valence-corrected chi connectivity index (χ3v) is 3.99. The number of amides is 1. The summed E-state index contributed by atoms with van der Waals surface area (Å²) in [5.41, 5.74) is 4.59. The Labute approximate surface area is 118 Å². The van der Waals surface area contributed by atoms with Gasteiger partial charge in [-0.3, -0.25) is 9.69 Å². The Balaban J connectivity index is 1.97. The van der Waals surface area contributed by atoms with E-state index in [1.807, 2.05) is 18.2 Å². The quantitative estimate of drug-likeness (QED) is 0.838. The number of rotatable bonds is 4. The number of nitrogens with zero attached hydrogens (tertiary/aromatic N) is 1. The Morgan fingerprint density at radius 1 is 1.45 bits per heavy atom. The van der Waals surface area contributed by atoms with Gasteiger partial charge in [-0.25, -0.2) is 0 Å². The SMILES string of the molecule is CCN1CC=C(c2c[nH]c3ccc(NC=O)cc23)CC1. The minimum atomic E-state index is 0.715. The third kappa shape index (κ3) is 2.34. The number of hydrogen-bond donors (Lipinski definition) is 2. The van der Waals surface area contributed by atoms with Crippen molar-refractivity contribution in [2.45, 2.75) is 13.3 Å². The van der Waals surface area contributed by atoms with Crippen molar-refractivity contribution in [1.82, 2.24) is 9.88 Å². The number of likely N-dealkylation sites (N-methyl/N-ethyl adjacent to an activating group) is 1. The van der Waals surface area contributed by atoms with Gasteiger partial charge in [-0.1, -0.05) is 13.0 Å². The molecule has 0 fully saturated rings. The van der Waals surface area contributed by atoms with Gasteiger partial charge in [0.05, 0.1) is 0 Å². The van der Waals surface area contributed by atoms with Crippen LogP contribution in [0.2, 0.25) is 0 Å². The summed E-state index contributed by atoms with van der Waals surface area (Å²) in [6.45, 7) is 5.43. The maximum atomic E-state index is 10.6. The molecule has 3 rings (SSSR count). The number of H-pyrrole nitrogens is 1. The molecule has 0 saturated heterocycles. The van der Waals surface area contributed by atoms with Gasteiger partial charge in [-0.05, 0) is 36.7 Å². The van der Waals surface area contributed by atoms with Crippen LogP contribution < -0.4 is 5.32 Å². The fraction of sp³-hybridized carbons (Fsp3) is 0.312. The lowest BCUT2D eigenvalue weighted by molar-refractivity contribution is -0.105. The molecule has 1 aliphatic heterocycles. The predicted molar refractivity (Wildman–Crippen MR) is 82.7 cm³/mol. The summed E-state index contributed by atoms with van der Waals surface area (Å²) < 4.78 is 0. The number of carbonyl (C=O) groups excluding carboxylic acids is 1. The number of fused-ring (bicyclic) bond motifs is 1. The number of aromatic amines is 1. The van der Waals surface area contributed by atoms with Gasteiger partial charge in [0.2, 0.25) is 6.41 Å². The van der Waals surface area contributed by atoms with Crippen LogP contribution in [-0.4, -0.2) is 35.9 Å². The normalized spacial score (nSPS) is 16.1. The summed E-state index contributed by atoms with van der Waals surface area (Å²) in [5, 5.41) is 3.89. The van der Waals surface area contributed by atoms with E-state index >= 15 is 0 Å². The Bertz CT molecular complexity index is 657. The Hall–Kier alpha value is -2.07. The summed E-state index contributed by atoms with van der Waals surface area (Å²) in [4.78, 5) is 16.3. The van der Waals surface area contributed by atoms with E-state index in [0.29, 0.717) is 6.41 Å². The molecule has 0 saturated carbocycles. The lowest BCUT2D eigenvalue weighted by atomic mass is 9.98. The van der Waals surface area contributed by atoms with E-state index in [1.54, 1.807) is 0 Å². The van der Waals surface area contributed by atoms with Gasteiger partial charge in [-0.2, -0.15) is 0 Å². The highest BCUT2D eigenvalue weighted by molar-refractivity contribution is 5.95. The molecule has 0 spiro atoms. The topological polar surface area (TPSA) is 48.1 Å². The van der Waals surface area contributed by atoms with E-state index in [2.05, 4.69) is 34.4 Å². The lowest BCUT2D eigenvalue weighted by Crippen LogP contribution is -2.27. The first kappa shape index (κ1) is 12.9. The fourth-order valence-electron chi connectivity index (χ4n) is 2.79. The van der Waals surface area contributed by atoms with Gasteiger partial charge in [0.1, 0.15) is 0 Å². The second kappa shape index (κ2) is 5.51. The minimum absolute atomic E-state index is 0.715. The maximum absolute atomic E-state index is 10.6. The van der Waals surface area contributed by atoms with E-state index in [9.17, 15) is 4.79 Å². The molecule has 1 aliphatic rings. The van der Waals surface area contributed by atoms with Gasteiger partial charge < -0.3 is 10.3 Å². The van der Waals surface area contributed by atoms with Gasteiger partial charge in [0, 0.05) is 41.4 Å². The Morgan fingerprint density at radius 2 is 2.35 bits per heavy atom. The summed E-state index contributed by atoms with van der Waals surface area (Å²) in [7, 11) is 0. The average molecular weight is 269 g/mol. The Kier molecular flexibility index (Phi) is 3.56. The van der Waals surface area contributed by atoms with E-state index in [0.717, 1.165) is 37.3 Å². The van der Waals surface area contributed by atoms with E-state index in [1.165, 1.54) is 16.5 Å². The van der Waals surface area contributed by atoms with Crippen LogP contribution in [0.25, 0.3) is 16.5 Å². The predicted octanol–water partition coefficient (Wildman–Crippen LogP) is 2.85. The van der Waals surface area contributed by atoms with Crippen LogP contribution in [0.15, 0.2) is 30.5 Å². The molecule has 1 aromatic carbocycles. The molecule has 4 nitrogen and oxygen atoms in total. The molecule has 0 bridgehead atoms. The third-order valence-electron chi connectivity index (χ3n) is 3.99. The van der Waals surface area contributed by atoms with Crippen molar-refractivity contribution < 1.29 is 4.79 Å². The summed E-state index contributed by atoms with van der Waals surface area (Å²) in [6.07, 6.45) is 6.18. The highest BCUT2D eigenvalue weighted by Gasteiger charge is 2.14. The standard InChI is InChI=1S/C16H19N3O/c1-2-19-7-5-12(6-8-19)15-10-17-16-4-3-13(18-11-20)9-14(15)16/h3-5,9-11,17H,2,6-8H2,1H3,(H,18,20). The zero-order valence-electron chi connectivity index (χ0n) is 11.6. The van der Waals surface area contributed by atoms with E-state index in [-0.39, 0.29) is 0 Å². The molecular weight excluding hydrogens is 250 g/mol. The van der Waals surface area contributed by atoms with Crippen LogP contribution in [0.3, 0.4) is 0 Å². The number of nitrogens with one attached hydrogen (secondary N) is 2. The molecule has 104 valence electrons. The molecule has 0 atom stereocenters. The second-order valence-corrected chi connectivity index (χ2v) is 5.10.